The number of benzene rings is 1. The number of fused-ring (bicyclic) bond motifs is 2. The number of nitrogen functional groups attached to an aromatic ring is 1. The fourth-order valence-corrected chi connectivity index (χ4v) is 13.6. The van der Waals surface area contributed by atoms with Crippen LogP contribution in [0.1, 0.15) is 50.7 Å². The second kappa shape index (κ2) is 10.7. The van der Waals surface area contributed by atoms with E-state index in [1.807, 2.05) is 0 Å². The summed E-state index contributed by atoms with van der Waals surface area (Å²) in [5.41, 5.74) is 11.5. The Morgan fingerprint density at radius 2 is 2.00 bits per heavy atom. The molecular formula is C30H36AsN7O3. The SMILES string of the molecule is CC(C)[As](C[C@@H]1O[C@@H](n2cnc3c(N)ncnc32)[C@H](O)[C@@H]1O)C1CC(CCc2nc3ccc(C4=CC=C4)cc3[nH]2)C1. The molecule has 3 aromatic heterocycles. The van der Waals surface area contributed by atoms with Gasteiger partial charge >= 0.3 is 237 Å². The standard InChI is InChI=1S/C30H36AsN7O3/c1-16(2)31(13-23-26(39)27(40)30(41-23)38-15-35-25-28(32)33-14-34-29(25)38)20-10-17(11-20)6-9-24-36-21-8-7-19(12-22(21)37-24)18-4-3-5-18/h3-5,7-8,12,14-17,20,23,26-27,30,39-40H,6,9-11,13H2,1-2H3,(H,36,37)(H2,32,33,34)/t17?,20?,23-,26+,27+,30+,31?/m0/s1. The van der Waals surface area contributed by atoms with Crippen molar-refractivity contribution in [3.05, 3.63) is 60.5 Å². The number of aryl methyl sites for hydroxylation is 1. The number of nitrogens with zero attached hydrogens (tertiary/aromatic N) is 5. The van der Waals surface area contributed by atoms with E-state index in [-0.39, 0.29) is 5.82 Å². The molecule has 1 aliphatic heterocycles. The Morgan fingerprint density at radius 3 is 2.76 bits per heavy atom. The number of aliphatic hydroxyl groups is 2. The number of hydrogen-bond acceptors (Lipinski definition) is 8. The molecule has 5 atom stereocenters. The summed E-state index contributed by atoms with van der Waals surface area (Å²) in [4.78, 5) is 20.9. The van der Waals surface area contributed by atoms with Crippen LogP contribution in [-0.2, 0) is 11.2 Å². The molecular weight excluding hydrogens is 581 g/mol. The molecule has 5 N–H and O–H groups in total. The van der Waals surface area contributed by atoms with Crippen LogP contribution < -0.4 is 5.73 Å². The Kier molecular flexibility index (Phi) is 6.98. The summed E-state index contributed by atoms with van der Waals surface area (Å²) >= 11 is -1.36. The van der Waals surface area contributed by atoms with E-state index in [0.29, 0.717) is 21.8 Å². The van der Waals surface area contributed by atoms with Crippen LogP contribution in [0.25, 0.3) is 27.8 Å². The number of ether oxygens (including phenoxy) is 1. The first-order chi connectivity index (χ1) is 19.9. The van der Waals surface area contributed by atoms with Gasteiger partial charge in [-0.15, -0.1) is 0 Å². The Balaban J connectivity index is 0.957. The van der Waals surface area contributed by atoms with Crippen molar-refractivity contribution in [1.29, 1.82) is 0 Å². The molecule has 0 bridgehead atoms. The summed E-state index contributed by atoms with van der Waals surface area (Å²) < 4.78 is 9.29. The molecule has 7 rings (SSSR count). The molecule has 4 aromatic rings. The molecule has 2 aliphatic carbocycles. The summed E-state index contributed by atoms with van der Waals surface area (Å²) in [5, 5.41) is 22.8. The summed E-state index contributed by atoms with van der Waals surface area (Å²) in [7, 11) is 0. The average Bonchev–Trinajstić information content (AvgIpc) is 3.58. The van der Waals surface area contributed by atoms with E-state index >= 15 is 0 Å². The number of aromatic nitrogens is 6. The third-order valence-electron chi connectivity index (χ3n) is 8.94. The van der Waals surface area contributed by atoms with Gasteiger partial charge in [0.1, 0.15) is 0 Å². The minimum absolute atomic E-state index is 0.277. The maximum absolute atomic E-state index is 11.0. The Hall–Kier alpha value is -3.04. The molecule has 0 spiro atoms. The maximum atomic E-state index is 11.0. The second-order valence-corrected chi connectivity index (χ2v) is 18.5. The zero-order chi connectivity index (χ0) is 28.2. The van der Waals surface area contributed by atoms with Gasteiger partial charge in [0, 0.05) is 0 Å². The molecule has 0 amide bonds. The third kappa shape index (κ3) is 4.91. The first kappa shape index (κ1) is 26.8. The molecule has 41 heavy (non-hydrogen) atoms. The minimum atomic E-state index is -1.36. The number of hydrogen-bond donors (Lipinski definition) is 4. The average molecular weight is 618 g/mol. The molecule has 214 valence electrons. The normalized spacial score (nSPS) is 28.3. The van der Waals surface area contributed by atoms with Gasteiger partial charge in [-0.1, -0.05) is 6.08 Å². The molecule has 2 fully saturated rings. The van der Waals surface area contributed by atoms with Crippen molar-refractivity contribution >= 4 is 48.2 Å². The molecule has 3 aliphatic rings. The number of H-pyrrole nitrogens is 1. The van der Waals surface area contributed by atoms with Crippen LogP contribution in [0, 0.1) is 5.92 Å². The van der Waals surface area contributed by atoms with Crippen LogP contribution in [0.3, 0.4) is 0 Å². The van der Waals surface area contributed by atoms with Gasteiger partial charge in [0.2, 0.25) is 0 Å². The Bertz CT molecular complexity index is 1640. The third-order valence-corrected chi connectivity index (χ3v) is 16.2. The molecule has 10 nitrogen and oxygen atoms in total. The van der Waals surface area contributed by atoms with Crippen LogP contribution in [0.5, 0.6) is 0 Å². The van der Waals surface area contributed by atoms with Crippen LogP contribution in [0.2, 0.25) is 14.6 Å². The number of nitrogens with one attached hydrogen (secondary N) is 1. The molecule has 1 saturated heterocycles. The van der Waals surface area contributed by atoms with E-state index < -0.39 is 39.2 Å². The van der Waals surface area contributed by atoms with Crippen molar-refractivity contribution in [3.8, 4) is 0 Å². The van der Waals surface area contributed by atoms with E-state index in [0.717, 1.165) is 39.6 Å². The molecule has 1 aromatic carbocycles. The number of aliphatic hydroxyl groups excluding tert-OH is 2. The van der Waals surface area contributed by atoms with Gasteiger partial charge < -0.3 is 0 Å². The zero-order valence-corrected chi connectivity index (χ0v) is 25.1. The van der Waals surface area contributed by atoms with Crippen LogP contribution in [-0.4, -0.2) is 72.7 Å². The van der Waals surface area contributed by atoms with Crippen molar-refractivity contribution in [2.75, 3.05) is 5.73 Å². The van der Waals surface area contributed by atoms with Gasteiger partial charge in [-0.25, -0.2) is 0 Å². The van der Waals surface area contributed by atoms with Crippen molar-refractivity contribution in [1.82, 2.24) is 29.5 Å². The zero-order valence-electron chi connectivity index (χ0n) is 23.3. The second-order valence-electron chi connectivity index (χ2n) is 11.8. The van der Waals surface area contributed by atoms with Crippen molar-refractivity contribution in [2.24, 2.45) is 5.92 Å². The van der Waals surface area contributed by atoms with E-state index in [9.17, 15) is 10.2 Å². The first-order valence-electron chi connectivity index (χ1n) is 14.4. The number of anilines is 1. The number of allylic oxidation sites excluding steroid dienone is 4. The molecule has 11 heteroatoms. The van der Waals surface area contributed by atoms with Crippen LogP contribution in [0.4, 0.5) is 5.82 Å². The van der Waals surface area contributed by atoms with Gasteiger partial charge in [0.25, 0.3) is 0 Å². The van der Waals surface area contributed by atoms with Gasteiger partial charge in [-0.3, -0.25) is 0 Å². The number of imidazole rings is 2. The Labute approximate surface area is 243 Å². The van der Waals surface area contributed by atoms with Crippen LogP contribution in [0.15, 0.2) is 49.1 Å². The summed E-state index contributed by atoms with van der Waals surface area (Å²) in [6.45, 7) is 4.62. The summed E-state index contributed by atoms with van der Waals surface area (Å²) in [6.07, 6.45) is 10.7. The van der Waals surface area contributed by atoms with E-state index in [2.05, 4.69) is 70.2 Å². The molecule has 0 radical (unpaired) electrons. The van der Waals surface area contributed by atoms with Gasteiger partial charge in [0.05, 0.1) is 0 Å². The first-order valence-corrected chi connectivity index (χ1v) is 17.9. The predicted octanol–water partition coefficient (Wildman–Crippen LogP) is 4.18. The van der Waals surface area contributed by atoms with E-state index in [4.69, 9.17) is 15.5 Å². The topological polar surface area (TPSA) is 148 Å². The van der Waals surface area contributed by atoms with Gasteiger partial charge in [0.15, 0.2) is 0 Å². The fourth-order valence-electron chi connectivity index (χ4n) is 6.45. The monoisotopic (exact) mass is 617 g/mol. The molecule has 1 unspecified atom stereocenters. The van der Waals surface area contributed by atoms with E-state index in [1.54, 1.807) is 10.9 Å². The predicted molar refractivity (Wildman–Crippen MR) is 159 cm³/mol. The van der Waals surface area contributed by atoms with Crippen molar-refractivity contribution in [3.63, 3.8) is 0 Å². The number of rotatable bonds is 9. The quantitative estimate of drug-likeness (QED) is 0.205. The summed E-state index contributed by atoms with van der Waals surface area (Å²) in [5.74, 6) is 2.05. The summed E-state index contributed by atoms with van der Waals surface area (Å²) in [6, 6.07) is 6.44. The molecule has 1 saturated carbocycles. The van der Waals surface area contributed by atoms with Crippen molar-refractivity contribution in [2.45, 2.75) is 78.7 Å². The van der Waals surface area contributed by atoms with Crippen LogP contribution >= 0.6 is 0 Å². The van der Waals surface area contributed by atoms with Gasteiger partial charge in [-0.2, -0.15) is 0 Å². The van der Waals surface area contributed by atoms with Gasteiger partial charge in [-0.05, 0) is 0 Å². The number of nitrogens with two attached hydrogens (primary N) is 1. The fraction of sp³-hybridized carbons (Fsp3) is 0.467. The Morgan fingerprint density at radius 1 is 1.17 bits per heavy atom. The van der Waals surface area contributed by atoms with Crippen molar-refractivity contribution < 1.29 is 14.9 Å². The number of aromatic amines is 1. The molecule has 4 heterocycles. The van der Waals surface area contributed by atoms with E-state index in [1.165, 1.54) is 30.3 Å².